The minimum atomic E-state index is -0.507. The highest BCUT2D eigenvalue weighted by molar-refractivity contribution is 5.94. The number of hydrogen-bond acceptors (Lipinski definition) is 4. The number of amides is 1. The summed E-state index contributed by atoms with van der Waals surface area (Å²) < 4.78 is 5.24. The molecule has 1 fully saturated rings. The molecule has 0 bridgehead atoms. The lowest BCUT2D eigenvalue weighted by molar-refractivity contribution is -0.384. The van der Waals surface area contributed by atoms with Gasteiger partial charge in [0.1, 0.15) is 11.4 Å². The molecular weight excluding hydrogens is 260 g/mol. The fraction of sp³-hybridized carbons (Fsp3) is 0.500. The average molecular weight is 278 g/mol. The molecule has 2 rings (SSSR count). The quantitative estimate of drug-likeness (QED) is 0.662. The van der Waals surface area contributed by atoms with Crippen molar-refractivity contribution < 1.29 is 14.5 Å². The first-order valence-electron chi connectivity index (χ1n) is 6.84. The minimum Gasteiger partial charge on any atom is -0.494 e. The minimum absolute atomic E-state index is 0.0267. The molecule has 1 saturated carbocycles. The van der Waals surface area contributed by atoms with E-state index in [1.807, 2.05) is 6.92 Å². The smallest absolute Gasteiger partial charge is 0.296 e. The summed E-state index contributed by atoms with van der Waals surface area (Å²) in [5.74, 6) is 0.272. The number of nitrogens with one attached hydrogen (secondary N) is 1. The molecule has 20 heavy (non-hydrogen) atoms. The number of nitro groups is 1. The molecular formula is C14H18N2O4. The molecule has 1 aliphatic carbocycles. The first kappa shape index (κ1) is 14.3. The van der Waals surface area contributed by atoms with Crippen molar-refractivity contribution in [1.29, 1.82) is 0 Å². The van der Waals surface area contributed by atoms with E-state index < -0.39 is 4.92 Å². The number of ether oxygens (including phenoxy) is 1. The van der Waals surface area contributed by atoms with Gasteiger partial charge in [-0.05, 0) is 31.9 Å². The average Bonchev–Trinajstić information content (AvgIpc) is 2.94. The highest BCUT2D eigenvalue weighted by Crippen LogP contribution is 2.31. The third-order valence-electron chi connectivity index (χ3n) is 3.46. The van der Waals surface area contributed by atoms with Crippen LogP contribution in [-0.2, 0) is 4.79 Å². The molecule has 0 atom stereocenters. The van der Waals surface area contributed by atoms with Gasteiger partial charge < -0.3 is 10.1 Å². The van der Waals surface area contributed by atoms with Crippen LogP contribution in [0.5, 0.6) is 5.75 Å². The molecule has 1 N–H and O–H groups in total. The highest BCUT2D eigenvalue weighted by Gasteiger charge is 2.25. The van der Waals surface area contributed by atoms with E-state index in [1.54, 1.807) is 6.07 Å². The van der Waals surface area contributed by atoms with E-state index in [1.165, 1.54) is 12.1 Å². The molecule has 0 aliphatic heterocycles. The number of nitro benzene ring substituents is 1. The molecule has 6 heteroatoms. The van der Waals surface area contributed by atoms with Gasteiger partial charge in [-0.25, -0.2) is 0 Å². The summed E-state index contributed by atoms with van der Waals surface area (Å²) in [7, 11) is 0. The van der Waals surface area contributed by atoms with Crippen LogP contribution in [0, 0.1) is 16.0 Å². The molecule has 1 aromatic rings. The van der Waals surface area contributed by atoms with E-state index in [9.17, 15) is 14.9 Å². The lowest BCUT2D eigenvalue weighted by atomic mass is 10.1. The summed E-state index contributed by atoms with van der Waals surface area (Å²) in [6.45, 7) is 2.24. The number of hydrogen-bond donors (Lipinski definition) is 1. The van der Waals surface area contributed by atoms with Crippen molar-refractivity contribution in [3.8, 4) is 5.75 Å². The molecule has 0 saturated heterocycles. The number of anilines is 1. The maximum atomic E-state index is 12.0. The topological polar surface area (TPSA) is 81.5 Å². The van der Waals surface area contributed by atoms with E-state index >= 15 is 0 Å². The molecule has 0 heterocycles. The predicted octanol–water partition coefficient (Wildman–Crippen LogP) is 3.12. The molecule has 0 spiro atoms. The molecule has 1 aliphatic rings. The van der Waals surface area contributed by atoms with Gasteiger partial charge in [0, 0.05) is 5.92 Å². The van der Waals surface area contributed by atoms with Crippen LogP contribution in [0.15, 0.2) is 18.2 Å². The maximum absolute atomic E-state index is 12.0. The normalized spacial score (nSPS) is 15.1. The summed E-state index contributed by atoms with van der Waals surface area (Å²) in [5, 5.41) is 13.7. The largest absolute Gasteiger partial charge is 0.494 e. The third-order valence-corrected chi connectivity index (χ3v) is 3.46. The van der Waals surface area contributed by atoms with Crippen LogP contribution in [0.2, 0.25) is 0 Å². The molecule has 1 aromatic carbocycles. The SMILES string of the molecule is CCOc1ccc(NC(=O)C2CCCC2)c([N+](=O)[O-])c1. The maximum Gasteiger partial charge on any atom is 0.296 e. The van der Waals surface area contributed by atoms with E-state index in [0.717, 1.165) is 25.7 Å². The van der Waals surface area contributed by atoms with Crippen LogP contribution in [0.25, 0.3) is 0 Å². The van der Waals surface area contributed by atoms with Crippen molar-refractivity contribution in [3.63, 3.8) is 0 Å². The van der Waals surface area contributed by atoms with Gasteiger partial charge in [-0.15, -0.1) is 0 Å². The van der Waals surface area contributed by atoms with Crippen LogP contribution in [0.4, 0.5) is 11.4 Å². The Labute approximate surface area is 117 Å². The van der Waals surface area contributed by atoms with Gasteiger partial charge in [0.25, 0.3) is 5.69 Å². The molecule has 0 aromatic heterocycles. The monoisotopic (exact) mass is 278 g/mol. The summed E-state index contributed by atoms with van der Waals surface area (Å²) in [4.78, 5) is 22.6. The first-order valence-corrected chi connectivity index (χ1v) is 6.84. The van der Waals surface area contributed by atoms with Gasteiger partial charge in [0.15, 0.2) is 0 Å². The van der Waals surface area contributed by atoms with E-state index in [0.29, 0.717) is 12.4 Å². The Balaban J connectivity index is 2.17. The molecule has 0 unspecified atom stereocenters. The Morgan fingerprint density at radius 2 is 2.15 bits per heavy atom. The summed E-state index contributed by atoms with van der Waals surface area (Å²) >= 11 is 0. The second kappa shape index (κ2) is 6.36. The van der Waals surface area contributed by atoms with Crippen molar-refractivity contribution >= 4 is 17.3 Å². The van der Waals surface area contributed by atoms with Crippen molar-refractivity contribution in [2.75, 3.05) is 11.9 Å². The van der Waals surface area contributed by atoms with E-state index in [-0.39, 0.29) is 23.2 Å². The Kier molecular flexibility index (Phi) is 4.55. The fourth-order valence-corrected chi connectivity index (χ4v) is 2.45. The third kappa shape index (κ3) is 3.26. The highest BCUT2D eigenvalue weighted by atomic mass is 16.6. The Bertz CT molecular complexity index is 510. The predicted molar refractivity (Wildman–Crippen MR) is 74.9 cm³/mol. The number of benzene rings is 1. The zero-order valence-electron chi connectivity index (χ0n) is 11.4. The molecule has 1 amide bonds. The van der Waals surface area contributed by atoms with Crippen molar-refractivity contribution in [2.24, 2.45) is 5.92 Å². The lowest BCUT2D eigenvalue weighted by Gasteiger charge is -2.11. The lowest BCUT2D eigenvalue weighted by Crippen LogP contribution is -2.20. The zero-order chi connectivity index (χ0) is 14.5. The summed E-state index contributed by atoms with van der Waals surface area (Å²) in [5.41, 5.74) is 0.0950. The molecule has 6 nitrogen and oxygen atoms in total. The van der Waals surface area contributed by atoms with E-state index in [2.05, 4.69) is 5.32 Å². The summed E-state index contributed by atoms with van der Waals surface area (Å²) in [6.07, 6.45) is 3.81. The Morgan fingerprint density at radius 3 is 2.75 bits per heavy atom. The Hall–Kier alpha value is -2.11. The number of carbonyl (C=O) groups excluding carboxylic acids is 1. The fourth-order valence-electron chi connectivity index (χ4n) is 2.45. The van der Waals surface area contributed by atoms with Gasteiger partial charge in [-0.1, -0.05) is 12.8 Å². The van der Waals surface area contributed by atoms with Gasteiger partial charge in [0.2, 0.25) is 5.91 Å². The van der Waals surface area contributed by atoms with Crippen LogP contribution < -0.4 is 10.1 Å². The zero-order valence-corrected chi connectivity index (χ0v) is 11.4. The van der Waals surface area contributed by atoms with E-state index in [4.69, 9.17) is 4.74 Å². The first-order chi connectivity index (χ1) is 9.61. The standard InChI is InChI=1S/C14H18N2O4/c1-2-20-11-7-8-12(13(9-11)16(18)19)15-14(17)10-5-3-4-6-10/h7-10H,2-6H2,1H3,(H,15,17). The Morgan fingerprint density at radius 1 is 1.45 bits per heavy atom. The van der Waals surface area contributed by atoms with Crippen LogP contribution in [0.3, 0.4) is 0 Å². The molecule has 108 valence electrons. The van der Waals surface area contributed by atoms with Crippen LogP contribution in [0.1, 0.15) is 32.6 Å². The number of rotatable bonds is 5. The van der Waals surface area contributed by atoms with Crippen LogP contribution in [-0.4, -0.2) is 17.4 Å². The van der Waals surface area contributed by atoms with Crippen LogP contribution >= 0.6 is 0 Å². The van der Waals surface area contributed by atoms with Crippen molar-refractivity contribution in [1.82, 2.24) is 0 Å². The van der Waals surface area contributed by atoms with Gasteiger partial charge in [-0.3, -0.25) is 14.9 Å². The van der Waals surface area contributed by atoms with Gasteiger partial charge in [-0.2, -0.15) is 0 Å². The molecule has 0 radical (unpaired) electrons. The van der Waals surface area contributed by atoms with Crippen molar-refractivity contribution in [2.45, 2.75) is 32.6 Å². The van der Waals surface area contributed by atoms with Crippen molar-refractivity contribution in [3.05, 3.63) is 28.3 Å². The second-order valence-corrected chi connectivity index (χ2v) is 4.84. The van der Waals surface area contributed by atoms with Gasteiger partial charge >= 0.3 is 0 Å². The number of nitrogens with zero attached hydrogens (tertiary/aromatic N) is 1. The van der Waals surface area contributed by atoms with Gasteiger partial charge in [0.05, 0.1) is 17.6 Å². The summed E-state index contributed by atoms with van der Waals surface area (Å²) in [6, 6.07) is 4.49. The second-order valence-electron chi connectivity index (χ2n) is 4.84. The number of carbonyl (C=O) groups is 1.